The van der Waals surface area contributed by atoms with Gasteiger partial charge in [0.05, 0.1) is 37.1 Å². The van der Waals surface area contributed by atoms with Gasteiger partial charge in [-0.3, -0.25) is 4.79 Å². The van der Waals surface area contributed by atoms with Crippen LogP contribution in [0.15, 0.2) is 96.4 Å². The van der Waals surface area contributed by atoms with E-state index in [4.69, 9.17) is 20.3 Å². The third-order valence-electron chi connectivity index (χ3n) is 6.86. The van der Waals surface area contributed by atoms with Gasteiger partial charge in [0.1, 0.15) is 11.6 Å². The summed E-state index contributed by atoms with van der Waals surface area (Å²) in [6, 6.07) is 27.0. The summed E-state index contributed by atoms with van der Waals surface area (Å²) in [5.41, 5.74) is 10.7. The van der Waals surface area contributed by atoms with Crippen LogP contribution in [-0.4, -0.2) is 23.1 Å². The molecule has 41 heavy (non-hydrogen) atoms. The van der Waals surface area contributed by atoms with Crippen LogP contribution in [0.5, 0.6) is 11.5 Å². The van der Waals surface area contributed by atoms with E-state index in [1.54, 1.807) is 49.6 Å². The smallest absolute Gasteiger partial charge is 0.286 e. The van der Waals surface area contributed by atoms with E-state index in [1.807, 2.05) is 52.7 Å². The summed E-state index contributed by atoms with van der Waals surface area (Å²) < 4.78 is 20.5. The Bertz CT molecular complexity index is 1710. The lowest BCUT2D eigenvalue weighted by Crippen LogP contribution is -2.34. The molecule has 1 aromatic heterocycles. The van der Waals surface area contributed by atoms with Gasteiger partial charge in [-0.1, -0.05) is 48.5 Å². The lowest BCUT2D eigenvalue weighted by Gasteiger charge is -2.25. The number of carbonyl (C=O) groups excluding carboxylic acids is 1. The van der Waals surface area contributed by atoms with E-state index < -0.39 is 0 Å². The van der Waals surface area contributed by atoms with Crippen molar-refractivity contribution in [3.8, 4) is 22.8 Å². The molecule has 7 nitrogen and oxygen atoms in total. The van der Waals surface area contributed by atoms with Crippen molar-refractivity contribution >= 4 is 28.1 Å². The highest BCUT2D eigenvalue weighted by Gasteiger charge is 2.24. The van der Waals surface area contributed by atoms with Crippen LogP contribution in [0.3, 0.4) is 0 Å². The number of anilines is 2. The zero-order valence-electron chi connectivity index (χ0n) is 22.3. The number of benzene rings is 4. The molecule has 9 heteroatoms. The quantitative estimate of drug-likeness (QED) is 0.255. The minimum Gasteiger partial charge on any atom is -0.497 e. The van der Waals surface area contributed by atoms with Crippen LogP contribution in [-0.2, 0) is 19.6 Å². The minimum atomic E-state index is -0.350. The molecule has 206 valence electrons. The molecule has 0 saturated carbocycles. The highest BCUT2D eigenvalue weighted by atomic mass is 32.1. The van der Waals surface area contributed by atoms with E-state index in [2.05, 4.69) is 0 Å². The Morgan fingerprint density at radius 3 is 2.59 bits per heavy atom. The number of rotatable bonds is 5. The summed E-state index contributed by atoms with van der Waals surface area (Å²) >= 11 is 1.40. The molecular formula is C32H27FN4O3S. The fraction of sp³-hybridized carbons (Fsp3) is 0.125. The Labute approximate surface area is 241 Å². The first-order valence-electron chi connectivity index (χ1n) is 13.0. The minimum absolute atomic E-state index is 0.198. The molecule has 3 heterocycles. The SMILES string of the molecule is COc1ccc2c(c1)-c1csc(n1)N(c1ccccc1F)Cc1ccc(cc1)C(=O)N(Cc1cccc(CN)c1)O2. The van der Waals surface area contributed by atoms with E-state index >= 15 is 4.39 Å². The van der Waals surface area contributed by atoms with Crippen LogP contribution in [0.4, 0.5) is 15.2 Å². The predicted molar refractivity (Wildman–Crippen MR) is 158 cm³/mol. The molecule has 2 aliphatic heterocycles. The van der Waals surface area contributed by atoms with Gasteiger partial charge in [0.2, 0.25) is 0 Å². The molecule has 4 bridgehead atoms. The molecule has 2 aliphatic rings. The molecule has 4 aromatic carbocycles. The number of thiazole rings is 1. The maximum Gasteiger partial charge on any atom is 0.286 e. The van der Waals surface area contributed by atoms with Gasteiger partial charge < -0.3 is 20.2 Å². The highest BCUT2D eigenvalue weighted by Crippen LogP contribution is 2.39. The van der Waals surface area contributed by atoms with Gasteiger partial charge in [-0.25, -0.2) is 9.37 Å². The highest BCUT2D eigenvalue weighted by molar-refractivity contribution is 7.14. The molecule has 0 fully saturated rings. The van der Waals surface area contributed by atoms with Crippen molar-refractivity contribution in [2.45, 2.75) is 19.6 Å². The average Bonchev–Trinajstić information content (AvgIpc) is 3.50. The Balaban J connectivity index is 1.49. The summed E-state index contributed by atoms with van der Waals surface area (Å²) in [6.07, 6.45) is 0. The van der Waals surface area contributed by atoms with E-state index in [0.29, 0.717) is 52.2 Å². The molecule has 0 radical (unpaired) electrons. The van der Waals surface area contributed by atoms with Crippen molar-refractivity contribution in [2.24, 2.45) is 5.73 Å². The van der Waals surface area contributed by atoms with E-state index in [9.17, 15) is 4.79 Å². The normalized spacial score (nSPS) is 13.0. The van der Waals surface area contributed by atoms with Crippen LogP contribution in [0.25, 0.3) is 11.3 Å². The number of nitrogens with two attached hydrogens (primary N) is 1. The molecule has 1 amide bonds. The molecule has 5 aromatic rings. The monoisotopic (exact) mass is 566 g/mol. The molecule has 0 spiro atoms. The summed E-state index contributed by atoms with van der Waals surface area (Å²) in [4.78, 5) is 27.0. The first-order valence-corrected chi connectivity index (χ1v) is 13.9. The van der Waals surface area contributed by atoms with Crippen LogP contribution in [0, 0.1) is 5.82 Å². The molecule has 7 rings (SSSR count). The van der Waals surface area contributed by atoms with E-state index in [-0.39, 0.29) is 18.3 Å². The van der Waals surface area contributed by atoms with Crippen molar-refractivity contribution in [1.82, 2.24) is 10.0 Å². The number of fused-ring (bicyclic) bond motifs is 5. The van der Waals surface area contributed by atoms with Gasteiger partial charge in [0.15, 0.2) is 10.9 Å². The van der Waals surface area contributed by atoms with E-state index in [0.717, 1.165) is 16.7 Å². The third-order valence-corrected chi connectivity index (χ3v) is 7.72. The molecule has 2 N–H and O–H groups in total. The maximum absolute atomic E-state index is 15.0. The standard InChI is InChI=1S/C32H27FN4O3S/c1-39-25-13-14-30-26(16-25)28-20-41-32(35-28)36(29-8-3-2-7-27(29)33)18-21-9-11-24(12-10-21)31(38)37(40-30)19-23-6-4-5-22(15-23)17-34/h2-16,20H,17-19,34H2,1H3. The number of hydrogen-bond donors (Lipinski definition) is 1. The number of aromatic nitrogens is 1. The number of methoxy groups -OCH3 is 1. The second-order valence-electron chi connectivity index (χ2n) is 9.57. The van der Waals surface area contributed by atoms with Crippen molar-refractivity contribution in [3.05, 3.63) is 124 Å². The third kappa shape index (κ3) is 5.50. The van der Waals surface area contributed by atoms with Crippen LogP contribution in [0.1, 0.15) is 27.0 Å². The zero-order valence-corrected chi connectivity index (χ0v) is 23.1. The fourth-order valence-corrected chi connectivity index (χ4v) is 5.56. The van der Waals surface area contributed by atoms with Crippen molar-refractivity contribution < 1.29 is 18.8 Å². The molecule has 0 aliphatic carbocycles. The fourth-order valence-electron chi connectivity index (χ4n) is 4.72. The number of ether oxygens (including phenoxy) is 1. The Morgan fingerprint density at radius 1 is 1.00 bits per heavy atom. The van der Waals surface area contributed by atoms with Gasteiger partial charge in [-0.05, 0) is 59.2 Å². The zero-order chi connectivity index (χ0) is 28.3. The number of amides is 1. The topological polar surface area (TPSA) is 80.9 Å². The number of nitrogens with zero attached hydrogens (tertiary/aromatic N) is 3. The van der Waals surface area contributed by atoms with Crippen molar-refractivity contribution in [2.75, 3.05) is 12.0 Å². The van der Waals surface area contributed by atoms with Crippen molar-refractivity contribution in [3.63, 3.8) is 0 Å². The number of hydrogen-bond acceptors (Lipinski definition) is 7. The second-order valence-corrected chi connectivity index (χ2v) is 10.4. The Kier molecular flexibility index (Phi) is 7.37. The Morgan fingerprint density at radius 2 is 1.80 bits per heavy atom. The summed E-state index contributed by atoms with van der Waals surface area (Å²) in [5.74, 6) is 0.379. The first kappa shape index (κ1) is 26.5. The number of carbonyl (C=O) groups is 1. The average molecular weight is 567 g/mol. The number of para-hydroxylation sites is 1. The number of hydroxylamine groups is 2. The lowest BCUT2D eigenvalue weighted by atomic mass is 10.1. The summed E-state index contributed by atoms with van der Waals surface area (Å²) in [6.45, 7) is 0.950. The van der Waals surface area contributed by atoms with E-state index in [1.165, 1.54) is 22.5 Å². The maximum atomic E-state index is 15.0. The predicted octanol–water partition coefficient (Wildman–Crippen LogP) is 6.70. The largest absolute Gasteiger partial charge is 0.497 e. The molecule has 0 saturated heterocycles. The van der Waals surface area contributed by atoms with Crippen LogP contribution < -0.4 is 20.2 Å². The molecular weight excluding hydrogens is 539 g/mol. The molecule has 0 atom stereocenters. The lowest BCUT2D eigenvalue weighted by molar-refractivity contribution is -0.0389. The molecule has 0 unspecified atom stereocenters. The Hall–Kier alpha value is -4.73. The summed E-state index contributed by atoms with van der Waals surface area (Å²) in [5, 5.41) is 3.86. The first-order chi connectivity index (χ1) is 20.0. The van der Waals surface area contributed by atoms with Gasteiger partial charge >= 0.3 is 0 Å². The van der Waals surface area contributed by atoms with Crippen LogP contribution in [0.2, 0.25) is 0 Å². The summed E-state index contributed by atoms with van der Waals surface area (Å²) in [7, 11) is 1.58. The van der Waals surface area contributed by atoms with Gasteiger partial charge in [0, 0.05) is 17.5 Å². The van der Waals surface area contributed by atoms with Crippen LogP contribution >= 0.6 is 11.3 Å². The number of halogens is 1. The van der Waals surface area contributed by atoms with Gasteiger partial charge in [-0.15, -0.1) is 11.3 Å². The van der Waals surface area contributed by atoms with Gasteiger partial charge in [0.25, 0.3) is 5.91 Å². The van der Waals surface area contributed by atoms with Gasteiger partial charge in [-0.2, -0.15) is 5.06 Å². The van der Waals surface area contributed by atoms with Crippen molar-refractivity contribution in [1.29, 1.82) is 0 Å². The second kappa shape index (κ2) is 11.4.